The molecule has 3 N–H and O–H groups in total. The van der Waals surface area contributed by atoms with Crippen molar-refractivity contribution in [2.24, 2.45) is 0 Å². The Kier molecular flexibility index (Phi) is 4.13. The van der Waals surface area contributed by atoms with Gasteiger partial charge in [0.15, 0.2) is 0 Å². The highest BCUT2D eigenvalue weighted by Gasteiger charge is 2.11. The second-order valence-electron chi connectivity index (χ2n) is 4.70. The summed E-state index contributed by atoms with van der Waals surface area (Å²) in [6.45, 7) is 0. The van der Waals surface area contributed by atoms with Crippen LogP contribution < -0.4 is 10.5 Å². The lowest BCUT2D eigenvalue weighted by Gasteiger charge is -2.12. The summed E-state index contributed by atoms with van der Waals surface area (Å²) in [5, 5.41) is 0. The van der Waals surface area contributed by atoms with Gasteiger partial charge < -0.3 is 5.73 Å². The quantitative estimate of drug-likeness (QED) is 0.852. The molecule has 0 fully saturated rings. The topological polar surface area (TPSA) is 72.2 Å². The van der Waals surface area contributed by atoms with Crippen LogP contribution >= 0.6 is 0 Å². The molecule has 0 spiro atoms. The summed E-state index contributed by atoms with van der Waals surface area (Å²) in [5.41, 5.74) is 7.17. The molecule has 0 amide bonds. The number of nitrogens with two attached hydrogens (primary N) is 1. The highest BCUT2D eigenvalue weighted by molar-refractivity contribution is 7.92. The van der Waals surface area contributed by atoms with Crippen molar-refractivity contribution in [3.05, 3.63) is 59.2 Å². The van der Waals surface area contributed by atoms with Gasteiger partial charge in [0.2, 0.25) is 10.0 Å². The van der Waals surface area contributed by atoms with Crippen molar-refractivity contribution < 1.29 is 17.2 Å². The van der Waals surface area contributed by atoms with E-state index in [1.54, 1.807) is 6.07 Å². The maximum absolute atomic E-state index is 13.7. The second-order valence-corrected chi connectivity index (χ2v) is 6.45. The molecular formula is C14H14F2N2O2S. The minimum Gasteiger partial charge on any atom is -0.399 e. The Morgan fingerprint density at radius 1 is 1.10 bits per heavy atom. The largest absolute Gasteiger partial charge is 0.399 e. The molecular weight excluding hydrogens is 298 g/mol. The number of nitrogen functional groups attached to an aromatic ring is 1. The van der Waals surface area contributed by atoms with E-state index < -0.39 is 21.7 Å². The molecule has 2 aromatic carbocycles. The van der Waals surface area contributed by atoms with Gasteiger partial charge in [-0.05, 0) is 35.4 Å². The third kappa shape index (κ3) is 4.16. The fraction of sp³-hybridized carbons (Fsp3) is 0.143. The van der Waals surface area contributed by atoms with E-state index in [1.165, 1.54) is 18.2 Å². The summed E-state index contributed by atoms with van der Waals surface area (Å²) >= 11 is 0. The van der Waals surface area contributed by atoms with Crippen LogP contribution in [0, 0.1) is 11.6 Å². The highest BCUT2D eigenvalue weighted by atomic mass is 32.2. The zero-order valence-corrected chi connectivity index (χ0v) is 12.0. The third-order valence-electron chi connectivity index (χ3n) is 2.82. The molecule has 0 saturated heterocycles. The molecule has 0 heterocycles. The zero-order chi connectivity index (χ0) is 15.6. The predicted molar refractivity (Wildman–Crippen MR) is 78.5 cm³/mol. The number of benzene rings is 2. The van der Waals surface area contributed by atoms with Gasteiger partial charge in [-0.3, -0.25) is 4.72 Å². The van der Waals surface area contributed by atoms with Crippen molar-refractivity contribution in [2.75, 3.05) is 16.7 Å². The van der Waals surface area contributed by atoms with Crippen molar-refractivity contribution in [3.8, 4) is 0 Å². The van der Waals surface area contributed by atoms with Crippen molar-refractivity contribution in [1.29, 1.82) is 0 Å². The maximum atomic E-state index is 13.7. The molecule has 2 rings (SSSR count). The number of nitrogens with one attached hydrogen (secondary N) is 1. The van der Waals surface area contributed by atoms with Crippen LogP contribution in [0.2, 0.25) is 0 Å². The molecule has 2 aromatic rings. The van der Waals surface area contributed by atoms with Crippen molar-refractivity contribution in [3.63, 3.8) is 0 Å². The Bertz CT molecular complexity index is 777. The smallest absolute Gasteiger partial charge is 0.229 e. The van der Waals surface area contributed by atoms with E-state index in [0.29, 0.717) is 16.9 Å². The standard InChI is InChI=1S/C14H14F2N2O2S/c1-21(19,20)18-14-5-4-12(17)7-10(14)6-9-2-3-11(15)8-13(9)16/h2-5,7-8,18H,6,17H2,1H3. The lowest BCUT2D eigenvalue weighted by Crippen LogP contribution is -2.12. The first kappa shape index (κ1) is 15.2. The molecule has 0 bridgehead atoms. The van der Waals surface area contributed by atoms with Crippen LogP contribution in [0.3, 0.4) is 0 Å². The van der Waals surface area contributed by atoms with Gasteiger partial charge in [-0.2, -0.15) is 0 Å². The minimum absolute atomic E-state index is 0.0923. The number of hydrogen-bond donors (Lipinski definition) is 2. The van der Waals surface area contributed by atoms with Crippen molar-refractivity contribution >= 4 is 21.4 Å². The van der Waals surface area contributed by atoms with Crippen LogP contribution in [0.1, 0.15) is 11.1 Å². The second kappa shape index (κ2) is 5.69. The summed E-state index contributed by atoms with van der Waals surface area (Å²) in [6.07, 6.45) is 1.11. The Morgan fingerprint density at radius 3 is 2.43 bits per heavy atom. The molecule has 112 valence electrons. The lowest BCUT2D eigenvalue weighted by atomic mass is 10.0. The molecule has 0 atom stereocenters. The van der Waals surface area contributed by atoms with Gasteiger partial charge in [-0.15, -0.1) is 0 Å². The first-order valence-electron chi connectivity index (χ1n) is 6.05. The molecule has 21 heavy (non-hydrogen) atoms. The number of sulfonamides is 1. The van der Waals surface area contributed by atoms with Gasteiger partial charge in [-0.25, -0.2) is 17.2 Å². The number of rotatable bonds is 4. The van der Waals surface area contributed by atoms with Crippen LogP contribution in [-0.4, -0.2) is 14.7 Å². The molecule has 0 aliphatic heterocycles. The predicted octanol–water partition coefficient (Wildman–Crippen LogP) is 2.51. The molecule has 0 saturated carbocycles. The summed E-state index contributed by atoms with van der Waals surface area (Å²) < 4.78 is 51.6. The van der Waals surface area contributed by atoms with E-state index in [1.807, 2.05) is 0 Å². The lowest BCUT2D eigenvalue weighted by molar-refractivity contribution is 0.574. The summed E-state index contributed by atoms with van der Waals surface area (Å²) in [6, 6.07) is 7.85. The Balaban J connectivity index is 2.40. The maximum Gasteiger partial charge on any atom is 0.229 e. The van der Waals surface area contributed by atoms with Gasteiger partial charge in [0.05, 0.1) is 11.9 Å². The molecule has 0 aliphatic rings. The molecule has 7 heteroatoms. The minimum atomic E-state index is -3.47. The van der Waals surface area contributed by atoms with E-state index in [2.05, 4.69) is 4.72 Å². The Labute approximate surface area is 121 Å². The van der Waals surface area contributed by atoms with Gasteiger partial charge in [0.1, 0.15) is 11.6 Å². The average Bonchev–Trinajstić information content (AvgIpc) is 2.34. The summed E-state index contributed by atoms with van der Waals surface area (Å²) in [4.78, 5) is 0. The van der Waals surface area contributed by atoms with E-state index >= 15 is 0 Å². The normalized spacial score (nSPS) is 11.4. The molecule has 0 aromatic heterocycles. The SMILES string of the molecule is CS(=O)(=O)Nc1ccc(N)cc1Cc1ccc(F)cc1F. The van der Waals surface area contributed by atoms with Gasteiger partial charge in [0.25, 0.3) is 0 Å². The summed E-state index contributed by atoms with van der Waals surface area (Å²) in [7, 11) is -3.47. The fourth-order valence-corrected chi connectivity index (χ4v) is 2.53. The number of halogens is 2. The number of anilines is 2. The van der Waals surface area contributed by atoms with Gasteiger partial charge in [-0.1, -0.05) is 6.07 Å². The van der Waals surface area contributed by atoms with Crippen molar-refractivity contribution in [1.82, 2.24) is 0 Å². The van der Waals surface area contributed by atoms with Crippen LogP contribution in [0.15, 0.2) is 36.4 Å². The third-order valence-corrected chi connectivity index (χ3v) is 3.41. The first-order valence-corrected chi connectivity index (χ1v) is 7.94. The van der Waals surface area contributed by atoms with Gasteiger partial charge in [0, 0.05) is 18.2 Å². The number of hydrogen-bond acceptors (Lipinski definition) is 3. The van der Waals surface area contributed by atoms with E-state index in [4.69, 9.17) is 5.73 Å². The first-order chi connectivity index (χ1) is 9.74. The molecule has 0 unspecified atom stereocenters. The monoisotopic (exact) mass is 312 g/mol. The van der Waals surface area contributed by atoms with E-state index in [9.17, 15) is 17.2 Å². The highest BCUT2D eigenvalue weighted by Crippen LogP contribution is 2.24. The van der Waals surface area contributed by atoms with E-state index in [0.717, 1.165) is 18.4 Å². The molecule has 0 aliphatic carbocycles. The van der Waals surface area contributed by atoms with Crippen LogP contribution in [0.25, 0.3) is 0 Å². The van der Waals surface area contributed by atoms with Crippen LogP contribution in [0.5, 0.6) is 0 Å². The van der Waals surface area contributed by atoms with E-state index in [-0.39, 0.29) is 12.0 Å². The van der Waals surface area contributed by atoms with Crippen molar-refractivity contribution in [2.45, 2.75) is 6.42 Å². The Morgan fingerprint density at radius 2 is 1.81 bits per heavy atom. The Hall–Kier alpha value is -2.15. The molecule has 4 nitrogen and oxygen atoms in total. The average molecular weight is 312 g/mol. The fourth-order valence-electron chi connectivity index (χ4n) is 1.93. The molecule has 0 radical (unpaired) electrons. The summed E-state index contributed by atoms with van der Waals surface area (Å²) in [5.74, 6) is -1.36. The zero-order valence-electron chi connectivity index (χ0n) is 11.2. The van der Waals surface area contributed by atoms with Crippen LogP contribution in [-0.2, 0) is 16.4 Å². The van der Waals surface area contributed by atoms with Crippen LogP contribution in [0.4, 0.5) is 20.2 Å². The van der Waals surface area contributed by atoms with Gasteiger partial charge >= 0.3 is 0 Å².